The van der Waals surface area contributed by atoms with Gasteiger partial charge >= 0.3 is 10.1 Å². The second-order valence-corrected chi connectivity index (χ2v) is 10.4. The van der Waals surface area contributed by atoms with Crippen molar-refractivity contribution in [2.24, 2.45) is 0 Å². The summed E-state index contributed by atoms with van der Waals surface area (Å²) in [7, 11) is -3.92. The lowest BCUT2D eigenvalue weighted by molar-refractivity contribution is 0.0947. The van der Waals surface area contributed by atoms with Gasteiger partial charge in [-0.1, -0.05) is 6.42 Å². The number of fused-ring (bicyclic) bond motifs is 1. The number of amides is 1. The maximum Gasteiger partial charge on any atom is 0.306 e. The van der Waals surface area contributed by atoms with Crippen molar-refractivity contribution in [2.75, 3.05) is 32.4 Å². The first-order chi connectivity index (χ1) is 14.2. The Labute approximate surface area is 181 Å². The van der Waals surface area contributed by atoms with Crippen molar-refractivity contribution in [2.45, 2.75) is 45.6 Å². The highest BCUT2D eigenvalue weighted by Crippen LogP contribution is 2.33. The van der Waals surface area contributed by atoms with Crippen molar-refractivity contribution in [1.82, 2.24) is 14.8 Å². The molecule has 0 unspecified atom stereocenters. The van der Waals surface area contributed by atoms with Crippen LogP contribution >= 0.6 is 11.3 Å². The maximum atomic E-state index is 13.2. The minimum Gasteiger partial charge on any atom is -0.381 e. The predicted molar refractivity (Wildman–Crippen MR) is 119 cm³/mol. The van der Waals surface area contributed by atoms with Crippen LogP contribution in [0.4, 0.5) is 0 Å². The zero-order chi connectivity index (χ0) is 21.9. The molecule has 3 rings (SSSR count). The van der Waals surface area contributed by atoms with E-state index in [-0.39, 0.29) is 17.4 Å². The fraction of sp³-hybridized carbons (Fsp3) is 0.600. The molecule has 30 heavy (non-hydrogen) atoms. The summed E-state index contributed by atoms with van der Waals surface area (Å²) in [6, 6.07) is 1.47. The summed E-state index contributed by atoms with van der Waals surface area (Å²) in [6.07, 6.45) is 5.33. The normalized spacial score (nSPS) is 15.6. The topological polar surface area (TPSA) is 97.7 Å². The lowest BCUT2D eigenvalue weighted by atomic mass is 10.1. The van der Waals surface area contributed by atoms with Crippen LogP contribution in [0.3, 0.4) is 0 Å². The van der Waals surface area contributed by atoms with Gasteiger partial charge in [0.1, 0.15) is 10.4 Å². The van der Waals surface area contributed by atoms with Crippen molar-refractivity contribution in [3.63, 3.8) is 0 Å². The van der Waals surface area contributed by atoms with Crippen LogP contribution in [-0.4, -0.2) is 56.2 Å². The molecule has 3 heterocycles. The fourth-order valence-electron chi connectivity index (χ4n) is 3.79. The zero-order valence-electron chi connectivity index (χ0n) is 17.6. The Morgan fingerprint density at radius 3 is 2.60 bits per heavy atom. The maximum absolute atomic E-state index is 13.2. The highest BCUT2D eigenvalue weighted by molar-refractivity contribution is 7.86. The highest BCUT2D eigenvalue weighted by atomic mass is 32.2. The number of hydrogen-bond acceptors (Lipinski definition) is 7. The van der Waals surface area contributed by atoms with Crippen molar-refractivity contribution in [1.29, 1.82) is 0 Å². The van der Waals surface area contributed by atoms with Gasteiger partial charge in [0.15, 0.2) is 5.75 Å². The minimum absolute atomic E-state index is 0.191. The van der Waals surface area contributed by atoms with Crippen LogP contribution in [0.1, 0.15) is 55.9 Å². The second kappa shape index (κ2) is 9.49. The molecule has 0 spiro atoms. The Kier molecular flexibility index (Phi) is 7.20. The number of thiophene rings is 1. The van der Waals surface area contributed by atoms with Crippen molar-refractivity contribution in [3.05, 3.63) is 27.4 Å². The van der Waals surface area contributed by atoms with Crippen LogP contribution in [0.25, 0.3) is 10.2 Å². The number of hydrogen-bond donors (Lipinski definition) is 1. The third-order valence-corrected chi connectivity index (χ3v) is 6.51. The number of aromatic nitrogens is 1. The van der Waals surface area contributed by atoms with Gasteiger partial charge in [0.25, 0.3) is 11.5 Å². The van der Waals surface area contributed by atoms with Crippen LogP contribution in [0, 0.1) is 0 Å². The van der Waals surface area contributed by atoms with Crippen LogP contribution < -0.4 is 15.1 Å². The molecule has 0 radical (unpaired) electrons. The summed E-state index contributed by atoms with van der Waals surface area (Å²) in [5.41, 5.74) is -0.815. The van der Waals surface area contributed by atoms with Gasteiger partial charge in [-0.15, -0.1) is 11.3 Å². The van der Waals surface area contributed by atoms with Gasteiger partial charge < -0.3 is 14.4 Å². The number of carbonyl (C=O) groups is 1. The first-order valence-electron chi connectivity index (χ1n) is 10.2. The van der Waals surface area contributed by atoms with Gasteiger partial charge in [0.2, 0.25) is 0 Å². The van der Waals surface area contributed by atoms with Gasteiger partial charge in [0.05, 0.1) is 11.6 Å². The van der Waals surface area contributed by atoms with E-state index in [1.54, 1.807) is 11.4 Å². The van der Waals surface area contributed by atoms with E-state index < -0.39 is 21.6 Å². The van der Waals surface area contributed by atoms with E-state index in [1.165, 1.54) is 35.2 Å². The number of nitrogens with zero attached hydrogens (tertiary/aromatic N) is 2. The van der Waals surface area contributed by atoms with Crippen molar-refractivity contribution in [3.8, 4) is 5.75 Å². The Morgan fingerprint density at radius 2 is 1.97 bits per heavy atom. The number of pyridine rings is 1. The lowest BCUT2D eigenvalue weighted by Crippen LogP contribution is -2.37. The van der Waals surface area contributed by atoms with E-state index in [4.69, 9.17) is 4.18 Å². The van der Waals surface area contributed by atoms with Gasteiger partial charge in [-0.2, -0.15) is 8.42 Å². The summed E-state index contributed by atoms with van der Waals surface area (Å²) in [6.45, 7) is 7.13. The second-order valence-electron chi connectivity index (χ2n) is 7.91. The molecule has 0 aromatic carbocycles. The predicted octanol–water partition coefficient (Wildman–Crippen LogP) is 2.59. The third kappa shape index (κ3) is 5.22. The fourth-order valence-corrected chi connectivity index (χ4v) is 5.29. The Morgan fingerprint density at radius 1 is 1.27 bits per heavy atom. The molecule has 1 aliphatic rings. The average molecular weight is 456 g/mol. The molecule has 8 nitrogen and oxygen atoms in total. The average Bonchev–Trinajstić information content (AvgIpc) is 3.14. The number of likely N-dealkylation sites (tertiary alicyclic amines) is 1. The summed E-state index contributed by atoms with van der Waals surface area (Å²) in [4.78, 5) is 29.1. The number of carbonyl (C=O) groups excluding carboxylic acids is 1. The molecule has 1 aliphatic heterocycles. The first kappa shape index (κ1) is 22.8. The molecule has 0 aliphatic carbocycles. The number of rotatable bonds is 8. The van der Waals surface area contributed by atoms with E-state index in [1.807, 2.05) is 13.8 Å². The lowest BCUT2D eigenvalue weighted by Gasteiger charge is -2.26. The van der Waals surface area contributed by atoms with Gasteiger partial charge in [-0.3, -0.25) is 14.2 Å². The third-order valence-electron chi connectivity index (χ3n) is 5.13. The van der Waals surface area contributed by atoms with Crippen molar-refractivity contribution >= 4 is 37.6 Å². The first-order valence-corrected chi connectivity index (χ1v) is 12.9. The van der Waals surface area contributed by atoms with Crippen molar-refractivity contribution < 1.29 is 17.4 Å². The minimum atomic E-state index is -3.92. The van der Waals surface area contributed by atoms with Crippen LogP contribution in [0.15, 0.2) is 16.2 Å². The summed E-state index contributed by atoms with van der Waals surface area (Å²) >= 11 is 1.31. The van der Waals surface area contributed by atoms with Gasteiger partial charge in [-0.05, 0) is 64.2 Å². The highest BCUT2D eigenvalue weighted by Gasteiger charge is 2.27. The Balaban J connectivity index is 1.88. The summed E-state index contributed by atoms with van der Waals surface area (Å²) in [5.74, 6) is -0.802. The monoisotopic (exact) mass is 455 g/mol. The largest absolute Gasteiger partial charge is 0.381 e. The standard InChI is InChI=1S/C20H29N3O5S2/c1-14(2)23-19(25)16(17(28-30(3,26)27)15-8-13-29-20(15)23)18(24)21-9-7-12-22-10-5-4-6-11-22/h8,13-14H,4-7,9-12H2,1-3H3,(H,21,24). The molecule has 1 amide bonds. The molecule has 1 fully saturated rings. The van der Waals surface area contributed by atoms with E-state index in [0.29, 0.717) is 16.8 Å². The van der Waals surface area contributed by atoms with Gasteiger partial charge in [-0.25, -0.2) is 0 Å². The van der Waals surface area contributed by atoms with Crippen LogP contribution in [0.5, 0.6) is 5.75 Å². The molecule has 1 N–H and O–H groups in total. The molecule has 166 valence electrons. The Hall–Kier alpha value is -1.91. The SMILES string of the molecule is CC(C)n1c(=O)c(C(=O)NCCCN2CCCCC2)c(OS(C)(=O)=O)c2ccsc21. The van der Waals surface area contributed by atoms with Crippen LogP contribution in [-0.2, 0) is 10.1 Å². The molecular weight excluding hydrogens is 426 g/mol. The van der Waals surface area contributed by atoms with Gasteiger partial charge in [0, 0.05) is 12.6 Å². The molecule has 0 atom stereocenters. The molecule has 2 aromatic rings. The molecule has 0 bridgehead atoms. The molecule has 2 aromatic heterocycles. The smallest absolute Gasteiger partial charge is 0.306 e. The summed E-state index contributed by atoms with van der Waals surface area (Å²) < 4.78 is 30.3. The Bertz CT molecular complexity index is 1070. The number of piperidine rings is 1. The van der Waals surface area contributed by atoms with E-state index in [2.05, 4.69) is 10.2 Å². The molecular formula is C20H29N3O5S2. The summed E-state index contributed by atoms with van der Waals surface area (Å²) in [5, 5.41) is 4.97. The van der Waals surface area contributed by atoms with E-state index in [0.717, 1.165) is 32.3 Å². The quantitative estimate of drug-likeness (QED) is 0.485. The van der Waals surface area contributed by atoms with Crippen LogP contribution in [0.2, 0.25) is 0 Å². The van der Waals surface area contributed by atoms with E-state index in [9.17, 15) is 18.0 Å². The molecule has 1 saturated heterocycles. The zero-order valence-corrected chi connectivity index (χ0v) is 19.3. The van der Waals surface area contributed by atoms with E-state index >= 15 is 0 Å². The molecule has 10 heteroatoms. The molecule has 0 saturated carbocycles. The number of nitrogens with one attached hydrogen (secondary N) is 1.